The van der Waals surface area contributed by atoms with E-state index in [-0.39, 0.29) is 35.7 Å². The molecule has 1 heterocycles. The Labute approximate surface area is 237 Å². The third-order valence-electron chi connectivity index (χ3n) is 7.33. The lowest BCUT2D eigenvalue weighted by Gasteiger charge is -2.35. The number of carboxylic acid groups (broad SMARTS) is 1. The summed E-state index contributed by atoms with van der Waals surface area (Å²) in [5.41, 5.74) is 1.000. The highest BCUT2D eigenvalue weighted by molar-refractivity contribution is 5.81. The van der Waals surface area contributed by atoms with Crippen molar-refractivity contribution in [3.8, 4) is 11.5 Å². The molecule has 1 aromatic rings. The SMILES string of the molecule is COCCCOc1cc(CN(C(=O)[C@@H]2CNC[C@H](NC(=O)C3CCC3)C2)C2CC2)cc(OC)c1.O=C(O)C(F)(F)F. The molecule has 230 valence electrons. The average molecular weight is 588 g/mol. The maximum absolute atomic E-state index is 13.6. The zero-order valence-corrected chi connectivity index (χ0v) is 23.5. The first-order valence-electron chi connectivity index (χ1n) is 13.9. The second kappa shape index (κ2) is 15.2. The molecule has 2 amide bonds. The minimum absolute atomic E-state index is 0.0146. The number of methoxy groups -OCH3 is 2. The third kappa shape index (κ3) is 10.4. The predicted octanol–water partition coefficient (Wildman–Crippen LogP) is 3.13. The molecule has 0 aromatic heterocycles. The summed E-state index contributed by atoms with van der Waals surface area (Å²) >= 11 is 0. The Hall–Kier alpha value is -3.06. The normalized spacial score (nSPS) is 20.6. The molecule has 10 nitrogen and oxygen atoms in total. The first-order chi connectivity index (χ1) is 19.5. The van der Waals surface area contributed by atoms with Crippen LogP contribution in [-0.4, -0.2) is 86.6 Å². The number of amides is 2. The Morgan fingerprint density at radius 3 is 2.27 bits per heavy atom. The minimum Gasteiger partial charge on any atom is -0.497 e. The largest absolute Gasteiger partial charge is 0.497 e. The van der Waals surface area contributed by atoms with Crippen LogP contribution in [0.4, 0.5) is 13.2 Å². The fourth-order valence-corrected chi connectivity index (χ4v) is 4.75. The van der Waals surface area contributed by atoms with Crippen molar-refractivity contribution in [1.82, 2.24) is 15.5 Å². The van der Waals surface area contributed by atoms with Gasteiger partial charge in [-0.25, -0.2) is 4.79 Å². The number of ether oxygens (including phenoxy) is 3. The molecule has 3 N–H and O–H groups in total. The van der Waals surface area contributed by atoms with E-state index in [2.05, 4.69) is 10.6 Å². The highest BCUT2D eigenvalue weighted by atomic mass is 19.4. The van der Waals surface area contributed by atoms with E-state index in [4.69, 9.17) is 24.1 Å². The monoisotopic (exact) mass is 587 g/mol. The lowest BCUT2D eigenvalue weighted by Crippen LogP contribution is -2.54. The molecule has 4 rings (SSSR count). The first kappa shape index (κ1) is 32.5. The van der Waals surface area contributed by atoms with Crippen molar-refractivity contribution in [2.24, 2.45) is 11.8 Å². The molecule has 2 atom stereocenters. The lowest BCUT2D eigenvalue weighted by molar-refractivity contribution is -0.192. The topological polar surface area (TPSA) is 126 Å². The predicted molar refractivity (Wildman–Crippen MR) is 142 cm³/mol. The summed E-state index contributed by atoms with van der Waals surface area (Å²) in [6.45, 7) is 3.13. The van der Waals surface area contributed by atoms with Gasteiger partial charge >= 0.3 is 12.1 Å². The second-order valence-corrected chi connectivity index (χ2v) is 10.6. The van der Waals surface area contributed by atoms with Crippen molar-refractivity contribution in [2.75, 3.05) is 40.5 Å². The average Bonchev–Trinajstić information content (AvgIpc) is 3.73. The summed E-state index contributed by atoms with van der Waals surface area (Å²) < 4.78 is 48.2. The van der Waals surface area contributed by atoms with Crippen LogP contribution < -0.4 is 20.1 Å². The maximum atomic E-state index is 13.6. The van der Waals surface area contributed by atoms with Gasteiger partial charge in [0, 0.05) is 63.8 Å². The molecule has 3 aliphatic rings. The molecule has 2 aliphatic carbocycles. The maximum Gasteiger partial charge on any atom is 0.490 e. The highest BCUT2D eigenvalue weighted by Crippen LogP contribution is 2.33. The number of aliphatic carboxylic acids is 1. The minimum atomic E-state index is -5.08. The molecular weight excluding hydrogens is 547 g/mol. The van der Waals surface area contributed by atoms with E-state index in [1.807, 2.05) is 23.1 Å². The molecule has 13 heteroatoms. The van der Waals surface area contributed by atoms with Gasteiger partial charge in [-0.05, 0) is 49.8 Å². The lowest BCUT2D eigenvalue weighted by atomic mass is 9.84. The number of halogens is 3. The van der Waals surface area contributed by atoms with Gasteiger partial charge in [-0.1, -0.05) is 6.42 Å². The molecule has 0 spiro atoms. The van der Waals surface area contributed by atoms with Crippen molar-refractivity contribution in [3.05, 3.63) is 23.8 Å². The Bertz CT molecular complexity index is 1030. The number of nitrogens with one attached hydrogen (secondary N) is 2. The van der Waals surface area contributed by atoms with Crippen LogP contribution in [-0.2, 0) is 25.7 Å². The summed E-state index contributed by atoms with van der Waals surface area (Å²) in [4.78, 5) is 36.9. The summed E-state index contributed by atoms with van der Waals surface area (Å²) in [5, 5.41) is 13.7. The molecule has 1 aromatic carbocycles. The van der Waals surface area contributed by atoms with Gasteiger partial charge < -0.3 is 34.9 Å². The Kier molecular flexibility index (Phi) is 12.1. The van der Waals surface area contributed by atoms with Gasteiger partial charge in [-0.2, -0.15) is 13.2 Å². The number of carbonyl (C=O) groups excluding carboxylic acids is 2. The number of nitrogens with zero attached hydrogens (tertiary/aromatic N) is 1. The fraction of sp³-hybridized carbons (Fsp3) is 0.679. The van der Waals surface area contributed by atoms with Crippen LogP contribution in [0, 0.1) is 11.8 Å². The van der Waals surface area contributed by atoms with E-state index in [9.17, 15) is 22.8 Å². The van der Waals surface area contributed by atoms with Gasteiger partial charge in [0.2, 0.25) is 11.8 Å². The number of carbonyl (C=O) groups is 3. The van der Waals surface area contributed by atoms with Crippen LogP contribution in [0.15, 0.2) is 18.2 Å². The molecule has 1 aliphatic heterocycles. The van der Waals surface area contributed by atoms with Gasteiger partial charge in [0.15, 0.2) is 0 Å². The van der Waals surface area contributed by atoms with Gasteiger partial charge in [-0.3, -0.25) is 9.59 Å². The number of carboxylic acids is 1. The molecular formula is C28H40F3N3O7. The zero-order chi connectivity index (χ0) is 30.0. The number of hydrogen-bond donors (Lipinski definition) is 3. The van der Waals surface area contributed by atoms with Crippen LogP contribution in [0.3, 0.4) is 0 Å². The molecule has 0 unspecified atom stereocenters. The van der Waals surface area contributed by atoms with Crippen molar-refractivity contribution in [1.29, 1.82) is 0 Å². The van der Waals surface area contributed by atoms with Crippen molar-refractivity contribution < 1.29 is 46.9 Å². The van der Waals surface area contributed by atoms with Crippen LogP contribution in [0.5, 0.6) is 11.5 Å². The van der Waals surface area contributed by atoms with Gasteiger partial charge in [0.05, 0.1) is 19.6 Å². The Morgan fingerprint density at radius 1 is 1.02 bits per heavy atom. The standard InChI is InChI=1S/C26H39N3O5.C2HF3O2/c1-32-9-4-10-34-24-12-18(11-23(14-24)33-2)17-29(22-7-8-22)26(31)20-13-21(16-27-15-20)28-25(30)19-5-3-6-19;3-2(4,5)1(6)7/h11-12,14,19-22,27H,3-10,13,15-17H2,1-2H3,(H,28,30);(H,6,7)/t20-,21+;/m0./s1. The van der Waals surface area contributed by atoms with Crippen LogP contribution in [0.2, 0.25) is 0 Å². The fourth-order valence-electron chi connectivity index (χ4n) is 4.75. The first-order valence-corrected chi connectivity index (χ1v) is 13.9. The number of piperidine rings is 1. The van der Waals surface area contributed by atoms with Gasteiger partial charge in [0.25, 0.3) is 0 Å². The smallest absolute Gasteiger partial charge is 0.490 e. The van der Waals surface area contributed by atoms with Crippen LogP contribution in [0.1, 0.15) is 50.5 Å². The van der Waals surface area contributed by atoms with E-state index >= 15 is 0 Å². The van der Waals surface area contributed by atoms with E-state index in [0.717, 1.165) is 62.1 Å². The van der Waals surface area contributed by atoms with Crippen molar-refractivity contribution in [2.45, 2.75) is 69.8 Å². The van der Waals surface area contributed by atoms with E-state index in [0.29, 0.717) is 32.7 Å². The molecule has 3 fully saturated rings. The van der Waals surface area contributed by atoms with E-state index in [1.165, 1.54) is 0 Å². The number of hydrogen-bond acceptors (Lipinski definition) is 7. The number of rotatable bonds is 12. The number of alkyl halides is 3. The highest BCUT2D eigenvalue weighted by Gasteiger charge is 2.39. The van der Waals surface area contributed by atoms with Crippen molar-refractivity contribution in [3.63, 3.8) is 0 Å². The molecule has 41 heavy (non-hydrogen) atoms. The third-order valence-corrected chi connectivity index (χ3v) is 7.33. The quantitative estimate of drug-likeness (QED) is 0.319. The summed E-state index contributed by atoms with van der Waals surface area (Å²) in [7, 11) is 3.32. The van der Waals surface area contributed by atoms with Gasteiger partial charge in [0.1, 0.15) is 11.5 Å². The summed E-state index contributed by atoms with van der Waals surface area (Å²) in [5.74, 6) is -0.934. The summed E-state index contributed by atoms with van der Waals surface area (Å²) in [6.07, 6.45) is 1.62. The Balaban J connectivity index is 0.000000587. The Morgan fingerprint density at radius 2 is 1.71 bits per heavy atom. The second-order valence-electron chi connectivity index (χ2n) is 10.6. The summed E-state index contributed by atoms with van der Waals surface area (Å²) in [6, 6.07) is 6.15. The molecule has 1 saturated heterocycles. The van der Waals surface area contributed by atoms with Gasteiger partial charge in [-0.15, -0.1) is 0 Å². The molecule has 0 radical (unpaired) electrons. The van der Waals surface area contributed by atoms with Crippen LogP contribution >= 0.6 is 0 Å². The van der Waals surface area contributed by atoms with E-state index in [1.54, 1.807) is 14.2 Å². The van der Waals surface area contributed by atoms with Crippen LogP contribution in [0.25, 0.3) is 0 Å². The molecule has 2 saturated carbocycles. The van der Waals surface area contributed by atoms with E-state index < -0.39 is 12.1 Å². The molecule has 0 bridgehead atoms. The number of benzene rings is 1. The van der Waals surface area contributed by atoms with Crippen molar-refractivity contribution >= 4 is 17.8 Å². The zero-order valence-electron chi connectivity index (χ0n) is 23.5.